The molecule has 2 aromatic heterocycles. The van der Waals surface area contributed by atoms with E-state index < -0.39 is 0 Å². The molecular formula is C17H9Cl3N4O2S. The first-order valence-corrected chi connectivity index (χ1v) is 9.71. The second kappa shape index (κ2) is 7.90. The van der Waals surface area contributed by atoms with Crippen LogP contribution in [0.1, 0.15) is 5.89 Å². The molecule has 0 spiro atoms. The van der Waals surface area contributed by atoms with Gasteiger partial charge >= 0.3 is 0 Å². The normalized spacial score (nSPS) is 11.1. The second-order valence-corrected chi connectivity index (χ2v) is 7.44. The maximum Gasteiger partial charge on any atom is 0.277 e. The Kier molecular flexibility index (Phi) is 5.36. The van der Waals surface area contributed by atoms with Crippen molar-refractivity contribution in [3.63, 3.8) is 0 Å². The lowest BCUT2D eigenvalue weighted by atomic mass is 10.2. The minimum Gasteiger partial charge on any atom is -0.420 e. The molecule has 0 aliphatic rings. The van der Waals surface area contributed by atoms with Crippen LogP contribution in [0, 0.1) is 0 Å². The quantitative estimate of drug-likeness (QED) is 0.351. The summed E-state index contributed by atoms with van der Waals surface area (Å²) in [6, 6.07) is 12.3. The molecule has 0 aliphatic carbocycles. The molecule has 2 heterocycles. The third-order valence-corrected chi connectivity index (χ3v) is 5.14. The van der Waals surface area contributed by atoms with Gasteiger partial charge in [0, 0.05) is 5.02 Å². The van der Waals surface area contributed by atoms with Crippen LogP contribution in [0.4, 0.5) is 0 Å². The van der Waals surface area contributed by atoms with Gasteiger partial charge in [-0.2, -0.15) is 0 Å². The van der Waals surface area contributed by atoms with Gasteiger partial charge in [-0.25, -0.2) is 0 Å². The van der Waals surface area contributed by atoms with E-state index in [1.54, 1.807) is 24.3 Å². The Bertz CT molecular complexity index is 1100. The Balaban J connectivity index is 1.46. The molecule has 0 radical (unpaired) electrons. The average molecular weight is 440 g/mol. The van der Waals surface area contributed by atoms with Crippen LogP contribution in [0.25, 0.3) is 22.9 Å². The van der Waals surface area contributed by atoms with E-state index >= 15 is 0 Å². The molecule has 0 fully saturated rings. The molecule has 0 saturated heterocycles. The molecule has 0 atom stereocenters. The highest BCUT2D eigenvalue weighted by Crippen LogP contribution is 2.32. The minimum atomic E-state index is 0.314. The number of aromatic nitrogens is 4. The molecule has 27 heavy (non-hydrogen) atoms. The molecule has 6 nitrogen and oxygen atoms in total. The van der Waals surface area contributed by atoms with E-state index in [0.717, 1.165) is 0 Å². The van der Waals surface area contributed by atoms with Crippen LogP contribution in [-0.2, 0) is 5.75 Å². The highest BCUT2D eigenvalue weighted by atomic mass is 35.5. The van der Waals surface area contributed by atoms with E-state index in [9.17, 15) is 0 Å². The zero-order chi connectivity index (χ0) is 18.8. The molecule has 4 rings (SSSR count). The molecular weight excluding hydrogens is 431 g/mol. The Morgan fingerprint density at radius 3 is 2.33 bits per heavy atom. The van der Waals surface area contributed by atoms with Gasteiger partial charge in [0.1, 0.15) is 0 Å². The number of thioether (sulfide) groups is 1. The molecule has 0 amide bonds. The molecule has 0 unspecified atom stereocenters. The molecule has 0 N–H and O–H groups in total. The third kappa shape index (κ3) is 4.11. The Hall–Kier alpha value is -2.06. The molecule has 2 aromatic carbocycles. The van der Waals surface area contributed by atoms with Crippen LogP contribution in [0.3, 0.4) is 0 Å². The van der Waals surface area contributed by atoms with Crippen LogP contribution < -0.4 is 0 Å². The number of benzene rings is 2. The van der Waals surface area contributed by atoms with Gasteiger partial charge in [0.15, 0.2) is 0 Å². The summed E-state index contributed by atoms with van der Waals surface area (Å²) in [5, 5.41) is 17.9. The second-order valence-electron chi connectivity index (χ2n) is 5.27. The SMILES string of the molecule is Clc1ccc(-c2nnc(CSc3nnc(-c4ccccc4Cl)o3)o2)c(Cl)c1. The fraction of sp³-hybridized carbons (Fsp3) is 0.0588. The van der Waals surface area contributed by atoms with Crippen LogP contribution in [-0.4, -0.2) is 20.4 Å². The first kappa shape index (κ1) is 18.3. The van der Waals surface area contributed by atoms with Crippen molar-refractivity contribution in [2.24, 2.45) is 0 Å². The maximum absolute atomic E-state index is 6.16. The molecule has 0 saturated carbocycles. The summed E-state index contributed by atoms with van der Waals surface area (Å²) in [6.45, 7) is 0. The topological polar surface area (TPSA) is 77.8 Å². The van der Waals surface area contributed by atoms with Gasteiger partial charge in [0.05, 0.1) is 26.9 Å². The lowest BCUT2D eigenvalue weighted by Crippen LogP contribution is -1.80. The van der Waals surface area contributed by atoms with Gasteiger partial charge in [-0.3, -0.25) is 0 Å². The van der Waals surface area contributed by atoms with Crippen LogP contribution in [0.2, 0.25) is 15.1 Å². The lowest BCUT2D eigenvalue weighted by molar-refractivity contribution is 0.464. The fourth-order valence-corrected chi connectivity index (χ4v) is 3.52. The van der Waals surface area contributed by atoms with E-state index in [1.807, 2.05) is 18.2 Å². The van der Waals surface area contributed by atoms with Gasteiger partial charge in [-0.1, -0.05) is 58.7 Å². The van der Waals surface area contributed by atoms with Crippen LogP contribution in [0.5, 0.6) is 0 Å². The Morgan fingerprint density at radius 1 is 0.778 bits per heavy atom. The van der Waals surface area contributed by atoms with Crippen molar-refractivity contribution < 1.29 is 8.83 Å². The first-order valence-electron chi connectivity index (χ1n) is 7.59. The minimum absolute atomic E-state index is 0.314. The number of rotatable bonds is 5. The number of hydrogen-bond acceptors (Lipinski definition) is 7. The van der Waals surface area contributed by atoms with Crippen molar-refractivity contribution in [1.29, 1.82) is 0 Å². The highest BCUT2D eigenvalue weighted by Gasteiger charge is 2.15. The van der Waals surface area contributed by atoms with Gasteiger partial charge in [-0.15, -0.1) is 20.4 Å². The smallest absolute Gasteiger partial charge is 0.277 e. The predicted molar refractivity (Wildman–Crippen MR) is 104 cm³/mol. The maximum atomic E-state index is 6.16. The molecule has 136 valence electrons. The Morgan fingerprint density at radius 2 is 1.52 bits per heavy atom. The summed E-state index contributed by atoms with van der Waals surface area (Å²) < 4.78 is 11.3. The van der Waals surface area contributed by atoms with E-state index in [2.05, 4.69) is 20.4 Å². The number of hydrogen-bond donors (Lipinski definition) is 0. The third-order valence-electron chi connectivity index (χ3n) is 3.46. The summed E-state index contributed by atoms with van der Waals surface area (Å²) in [4.78, 5) is 0. The molecule has 10 heteroatoms. The van der Waals surface area contributed by atoms with Crippen molar-refractivity contribution in [3.8, 4) is 22.9 Å². The first-order chi connectivity index (χ1) is 13.1. The van der Waals surface area contributed by atoms with Gasteiger partial charge in [0.25, 0.3) is 5.22 Å². The summed E-state index contributed by atoms with van der Waals surface area (Å²) in [5.74, 6) is 1.43. The molecule has 0 bridgehead atoms. The summed E-state index contributed by atoms with van der Waals surface area (Å²) >= 11 is 19.5. The monoisotopic (exact) mass is 438 g/mol. The van der Waals surface area contributed by atoms with Crippen molar-refractivity contribution in [2.45, 2.75) is 11.0 Å². The van der Waals surface area contributed by atoms with E-state index in [1.165, 1.54) is 11.8 Å². The van der Waals surface area contributed by atoms with Crippen molar-refractivity contribution in [2.75, 3.05) is 0 Å². The largest absolute Gasteiger partial charge is 0.420 e. The highest BCUT2D eigenvalue weighted by molar-refractivity contribution is 7.98. The Labute approximate surface area is 172 Å². The van der Waals surface area contributed by atoms with Crippen molar-refractivity contribution >= 4 is 46.6 Å². The van der Waals surface area contributed by atoms with Gasteiger partial charge < -0.3 is 8.83 Å². The predicted octanol–water partition coefficient (Wildman–Crippen LogP) is 6.04. The number of nitrogens with zero attached hydrogens (tertiary/aromatic N) is 4. The molecule has 0 aliphatic heterocycles. The lowest BCUT2D eigenvalue weighted by Gasteiger charge is -1.98. The van der Waals surface area contributed by atoms with E-state index in [4.69, 9.17) is 43.6 Å². The molecule has 4 aromatic rings. The van der Waals surface area contributed by atoms with Crippen molar-refractivity contribution in [1.82, 2.24) is 20.4 Å². The van der Waals surface area contributed by atoms with Crippen LogP contribution in [0.15, 0.2) is 56.5 Å². The summed E-state index contributed by atoms with van der Waals surface area (Å²) in [7, 11) is 0. The standard InChI is InChI=1S/C17H9Cl3N4O2S/c18-9-5-6-11(13(20)7-9)15-22-21-14(25-15)8-27-17-24-23-16(26-17)10-3-1-2-4-12(10)19/h1-7H,8H2. The van der Waals surface area contributed by atoms with E-state index in [0.29, 0.717) is 54.8 Å². The zero-order valence-electron chi connectivity index (χ0n) is 13.4. The fourth-order valence-electron chi connectivity index (χ4n) is 2.22. The zero-order valence-corrected chi connectivity index (χ0v) is 16.5. The van der Waals surface area contributed by atoms with Crippen molar-refractivity contribution in [3.05, 3.63) is 63.4 Å². The van der Waals surface area contributed by atoms with Gasteiger partial charge in [0.2, 0.25) is 17.7 Å². The van der Waals surface area contributed by atoms with E-state index in [-0.39, 0.29) is 0 Å². The number of halogens is 3. The summed E-state index contributed by atoms with van der Waals surface area (Å²) in [5.41, 5.74) is 1.29. The van der Waals surface area contributed by atoms with Crippen LogP contribution >= 0.6 is 46.6 Å². The van der Waals surface area contributed by atoms with Gasteiger partial charge in [-0.05, 0) is 30.3 Å². The average Bonchev–Trinajstić information content (AvgIpc) is 3.30. The summed E-state index contributed by atoms with van der Waals surface area (Å²) in [6.07, 6.45) is 0.